The van der Waals surface area contributed by atoms with Crippen LogP contribution in [0.25, 0.3) is 0 Å². The number of amides is 2. The molecule has 0 radical (unpaired) electrons. The van der Waals surface area contributed by atoms with Gasteiger partial charge in [0.15, 0.2) is 0 Å². The summed E-state index contributed by atoms with van der Waals surface area (Å²) in [5, 5.41) is 9.27. The Morgan fingerprint density at radius 1 is 0.960 bits per heavy atom. The molecule has 1 aliphatic rings. The maximum absolute atomic E-state index is 12.1. The zero-order chi connectivity index (χ0) is 17.5. The van der Waals surface area contributed by atoms with E-state index in [0.717, 1.165) is 35.7 Å². The van der Waals surface area contributed by atoms with Crippen LogP contribution in [0.4, 0.5) is 21.9 Å². The van der Waals surface area contributed by atoms with Gasteiger partial charge in [-0.25, -0.2) is 4.79 Å². The first kappa shape index (κ1) is 17.1. The van der Waals surface area contributed by atoms with Gasteiger partial charge in [-0.1, -0.05) is 31.4 Å². The van der Waals surface area contributed by atoms with E-state index in [4.69, 9.17) is 4.74 Å². The first-order chi connectivity index (χ1) is 12.2. The molecule has 0 spiro atoms. The van der Waals surface area contributed by atoms with Crippen molar-refractivity contribution in [2.75, 3.05) is 17.7 Å². The van der Waals surface area contributed by atoms with Gasteiger partial charge >= 0.3 is 6.03 Å². The molecule has 0 unspecified atom stereocenters. The molecule has 2 aromatic carbocycles. The fourth-order valence-corrected chi connectivity index (χ4v) is 3.14. The predicted octanol–water partition coefficient (Wildman–Crippen LogP) is 4.89. The second-order valence-corrected chi connectivity index (χ2v) is 6.34. The minimum atomic E-state index is -0.127. The van der Waals surface area contributed by atoms with Gasteiger partial charge in [0.05, 0.1) is 12.8 Å². The Morgan fingerprint density at radius 2 is 1.64 bits per heavy atom. The zero-order valence-electron chi connectivity index (χ0n) is 14.5. The molecule has 0 aromatic heterocycles. The van der Waals surface area contributed by atoms with E-state index in [2.05, 4.69) is 16.0 Å². The van der Waals surface area contributed by atoms with E-state index in [1.165, 1.54) is 19.3 Å². The third-order valence-corrected chi connectivity index (χ3v) is 4.47. The minimum Gasteiger partial charge on any atom is -0.495 e. The molecular weight excluding hydrogens is 314 g/mol. The van der Waals surface area contributed by atoms with Crippen molar-refractivity contribution in [2.24, 2.45) is 0 Å². The summed E-state index contributed by atoms with van der Waals surface area (Å²) in [5.74, 6) is 0.788. The molecule has 5 nitrogen and oxygen atoms in total. The quantitative estimate of drug-likeness (QED) is 0.726. The van der Waals surface area contributed by atoms with Crippen LogP contribution in [0.2, 0.25) is 0 Å². The van der Waals surface area contributed by atoms with E-state index < -0.39 is 0 Å². The topological polar surface area (TPSA) is 62.4 Å². The van der Waals surface area contributed by atoms with E-state index >= 15 is 0 Å². The van der Waals surface area contributed by atoms with Crippen molar-refractivity contribution in [3.8, 4) is 5.75 Å². The summed E-state index contributed by atoms with van der Waals surface area (Å²) in [6, 6.07) is 15.6. The first-order valence-corrected chi connectivity index (χ1v) is 8.82. The van der Waals surface area contributed by atoms with Gasteiger partial charge in [0.2, 0.25) is 0 Å². The Labute approximate surface area is 148 Å². The van der Waals surface area contributed by atoms with E-state index in [1.54, 1.807) is 7.11 Å². The number of para-hydroxylation sites is 2. The molecule has 132 valence electrons. The molecule has 25 heavy (non-hydrogen) atoms. The van der Waals surface area contributed by atoms with Gasteiger partial charge in [0.25, 0.3) is 0 Å². The third-order valence-electron chi connectivity index (χ3n) is 4.47. The van der Waals surface area contributed by atoms with Gasteiger partial charge in [0.1, 0.15) is 5.75 Å². The Kier molecular flexibility index (Phi) is 5.77. The van der Waals surface area contributed by atoms with Crippen LogP contribution in [0.3, 0.4) is 0 Å². The molecule has 2 aromatic rings. The fourth-order valence-electron chi connectivity index (χ4n) is 3.14. The summed E-state index contributed by atoms with van der Waals surface area (Å²) in [6.45, 7) is 0. The Hall–Kier alpha value is -2.69. The van der Waals surface area contributed by atoms with Gasteiger partial charge in [0, 0.05) is 17.4 Å². The predicted molar refractivity (Wildman–Crippen MR) is 102 cm³/mol. The Morgan fingerprint density at radius 3 is 2.36 bits per heavy atom. The average Bonchev–Trinajstić information content (AvgIpc) is 2.64. The van der Waals surface area contributed by atoms with Gasteiger partial charge in [-0.3, -0.25) is 0 Å². The van der Waals surface area contributed by atoms with Crippen LogP contribution < -0.4 is 20.7 Å². The highest BCUT2D eigenvalue weighted by molar-refractivity contribution is 5.89. The molecule has 0 aliphatic heterocycles. The van der Waals surface area contributed by atoms with Crippen LogP contribution in [-0.4, -0.2) is 19.2 Å². The third kappa shape index (κ3) is 4.89. The number of nitrogens with one attached hydrogen (secondary N) is 3. The zero-order valence-corrected chi connectivity index (χ0v) is 14.5. The SMILES string of the molecule is COc1ccccc1Nc1ccc(NC(=O)NC2CCCCC2)cc1. The molecule has 5 heteroatoms. The van der Waals surface area contributed by atoms with Crippen molar-refractivity contribution < 1.29 is 9.53 Å². The highest BCUT2D eigenvalue weighted by atomic mass is 16.5. The van der Waals surface area contributed by atoms with Crippen molar-refractivity contribution in [3.05, 3.63) is 48.5 Å². The van der Waals surface area contributed by atoms with Crippen molar-refractivity contribution >= 4 is 23.1 Å². The number of methoxy groups -OCH3 is 1. The average molecular weight is 339 g/mol. The number of urea groups is 1. The molecule has 0 saturated heterocycles. The molecule has 2 amide bonds. The summed E-state index contributed by atoms with van der Waals surface area (Å²) in [7, 11) is 1.65. The van der Waals surface area contributed by atoms with Crippen LogP contribution in [0.15, 0.2) is 48.5 Å². The number of carbonyl (C=O) groups excluding carboxylic acids is 1. The Bertz CT molecular complexity index is 694. The molecule has 0 bridgehead atoms. The normalized spacial score (nSPS) is 14.6. The number of hydrogen-bond donors (Lipinski definition) is 3. The van der Waals surface area contributed by atoms with Crippen LogP contribution >= 0.6 is 0 Å². The number of rotatable bonds is 5. The van der Waals surface area contributed by atoms with Crippen LogP contribution in [0, 0.1) is 0 Å². The molecule has 0 atom stereocenters. The first-order valence-electron chi connectivity index (χ1n) is 8.82. The molecule has 3 rings (SSSR count). The maximum Gasteiger partial charge on any atom is 0.319 e. The lowest BCUT2D eigenvalue weighted by atomic mass is 9.96. The summed E-state index contributed by atoms with van der Waals surface area (Å²) < 4.78 is 5.34. The highest BCUT2D eigenvalue weighted by Crippen LogP contribution is 2.27. The lowest BCUT2D eigenvalue weighted by Crippen LogP contribution is -2.38. The molecule has 1 aliphatic carbocycles. The van der Waals surface area contributed by atoms with Gasteiger partial charge < -0.3 is 20.7 Å². The van der Waals surface area contributed by atoms with E-state index in [9.17, 15) is 4.79 Å². The fraction of sp³-hybridized carbons (Fsp3) is 0.350. The monoisotopic (exact) mass is 339 g/mol. The summed E-state index contributed by atoms with van der Waals surface area (Å²) >= 11 is 0. The largest absolute Gasteiger partial charge is 0.495 e. The smallest absolute Gasteiger partial charge is 0.319 e. The lowest BCUT2D eigenvalue weighted by Gasteiger charge is -2.22. The molecule has 1 fully saturated rings. The van der Waals surface area contributed by atoms with Gasteiger partial charge in [-0.05, 0) is 49.2 Å². The number of carbonyl (C=O) groups is 1. The maximum atomic E-state index is 12.1. The van der Waals surface area contributed by atoms with Gasteiger partial charge in [-0.2, -0.15) is 0 Å². The summed E-state index contributed by atoms with van der Waals surface area (Å²) in [5.41, 5.74) is 2.61. The number of ether oxygens (including phenoxy) is 1. The summed E-state index contributed by atoms with van der Waals surface area (Å²) in [6.07, 6.45) is 5.84. The van der Waals surface area contributed by atoms with Crippen LogP contribution in [-0.2, 0) is 0 Å². The van der Waals surface area contributed by atoms with Crippen molar-refractivity contribution in [2.45, 2.75) is 38.1 Å². The highest BCUT2D eigenvalue weighted by Gasteiger charge is 2.15. The van der Waals surface area contributed by atoms with Crippen LogP contribution in [0.1, 0.15) is 32.1 Å². The standard InChI is InChI=1S/C20H25N3O2/c1-25-19-10-6-5-9-18(19)21-16-11-13-17(14-12-16)23-20(24)22-15-7-3-2-4-8-15/h5-6,9-15,21H,2-4,7-8H2,1H3,(H2,22,23,24). The van der Waals surface area contributed by atoms with E-state index in [1.807, 2.05) is 48.5 Å². The Balaban J connectivity index is 1.55. The number of hydrogen-bond acceptors (Lipinski definition) is 3. The second kappa shape index (κ2) is 8.42. The van der Waals surface area contributed by atoms with Crippen molar-refractivity contribution in [1.29, 1.82) is 0 Å². The van der Waals surface area contributed by atoms with E-state index in [0.29, 0.717) is 6.04 Å². The summed E-state index contributed by atoms with van der Waals surface area (Å²) in [4.78, 5) is 12.1. The molecule has 1 saturated carbocycles. The molecule has 3 N–H and O–H groups in total. The van der Waals surface area contributed by atoms with Crippen LogP contribution in [0.5, 0.6) is 5.75 Å². The minimum absolute atomic E-state index is 0.127. The number of benzene rings is 2. The van der Waals surface area contributed by atoms with Gasteiger partial charge in [-0.15, -0.1) is 0 Å². The number of anilines is 3. The second-order valence-electron chi connectivity index (χ2n) is 6.34. The van der Waals surface area contributed by atoms with Crippen molar-refractivity contribution in [3.63, 3.8) is 0 Å². The molecular formula is C20H25N3O2. The van der Waals surface area contributed by atoms with Crippen molar-refractivity contribution in [1.82, 2.24) is 5.32 Å². The lowest BCUT2D eigenvalue weighted by molar-refractivity contribution is 0.244. The van der Waals surface area contributed by atoms with E-state index in [-0.39, 0.29) is 6.03 Å². The molecule has 0 heterocycles.